The Bertz CT molecular complexity index is 935. The van der Waals surface area contributed by atoms with Crippen molar-refractivity contribution >= 4 is 6.09 Å². The Hall–Kier alpha value is -2.74. The number of alkyl carbamates (subject to hydrolysis) is 1. The van der Waals surface area contributed by atoms with Crippen molar-refractivity contribution in [1.29, 1.82) is 0 Å². The standard InChI is InChI=1S/C24H29F3N2O3/c1-23(2,3)32-22(30)28-9-10-31-21-12-16(15-29-20-7-8-20)11-18(14-21)17-5-4-6-19(13-17)24(25,26)27/h4-6,11-14,20,29H,7-10,15H2,1-3H3,(H,28,30). The lowest BCUT2D eigenvalue weighted by atomic mass is 10.00. The fourth-order valence-electron chi connectivity index (χ4n) is 3.07. The van der Waals surface area contributed by atoms with Crippen LogP contribution in [0.25, 0.3) is 11.1 Å². The smallest absolute Gasteiger partial charge is 0.416 e. The quantitative estimate of drug-likeness (QED) is 0.520. The maximum Gasteiger partial charge on any atom is 0.416 e. The molecule has 0 spiro atoms. The third kappa shape index (κ3) is 7.75. The van der Waals surface area contributed by atoms with E-state index in [0.29, 0.717) is 29.5 Å². The minimum Gasteiger partial charge on any atom is -0.492 e. The molecule has 3 rings (SSSR count). The fraction of sp³-hybridized carbons (Fsp3) is 0.458. The molecule has 0 heterocycles. The molecule has 0 atom stereocenters. The molecule has 0 radical (unpaired) electrons. The van der Waals surface area contributed by atoms with E-state index >= 15 is 0 Å². The van der Waals surface area contributed by atoms with E-state index in [1.165, 1.54) is 6.07 Å². The first-order valence-corrected chi connectivity index (χ1v) is 10.6. The van der Waals surface area contributed by atoms with Gasteiger partial charge in [0, 0.05) is 12.6 Å². The van der Waals surface area contributed by atoms with Crippen molar-refractivity contribution in [2.45, 2.75) is 58.0 Å². The van der Waals surface area contributed by atoms with Crippen molar-refractivity contribution in [1.82, 2.24) is 10.6 Å². The predicted molar refractivity (Wildman–Crippen MR) is 116 cm³/mol. The van der Waals surface area contributed by atoms with Gasteiger partial charge in [-0.1, -0.05) is 12.1 Å². The summed E-state index contributed by atoms with van der Waals surface area (Å²) >= 11 is 0. The van der Waals surface area contributed by atoms with Gasteiger partial charge in [-0.25, -0.2) is 4.79 Å². The molecule has 0 bridgehead atoms. The number of alkyl halides is 3. The summed E-state index contributed by atoms with van der Waals surface area (Å²) in [5, 5.41) is 6.03. The molecule has 1 aliphatic rings. The first kappa shape index (κ1) is 23.9. The van der Waals surface area contributed by atoms with Crippen LogP contribution < -0.4 is 15.4 Å². The van der Waals surface area contributed by atoms with Crippen molar-refractivity contribution in [3.8, 4) is 16.9 Å². The highest BCUT2D eigenvalue weighted by Gasteiger charge is 2.30. The van der Waals surface area contributed by atoms with Gasteiger partial charge in [-0.05, 0) is 80.6 Å². The van der Waals surface area contributed by atoms with Crippen molar-refractivity contribution in [3.05, 3.63) is 53.6 Å². The van der Waals surface area contributed by atoms with Crippen molar-refractivity contribution in [2.75, 3.05) is 13.2 Å². The van der Waals surface area contributed by atoms with Crippen molar-refractivity contribution < 1.29 is 27.4 Å². The van der Waals surface area contributed by atoms with Crippen molar-refractivity contribution in [3.63, 3.8) is 0 Å². The van der Waals surface area contributed by atoms with Crippen LogP contribution >= 0.6 is 0 Å². The van der Waals surface area contributed by atoms with Gasteiger partial charge in [0.2, 0.25) is 0 Å². The average molecular weight is 451 g/mol. The number of halogens is 3. The van der Waals surface area contributed by atoms with Crippen LogP contribution in [-0.4, -0.2) is 30.9 Å². The molecule has 5 nitrogen and oxygen atoms in total. The summed E-state index contributed by atoms with van der Waals surface area (Å²) in [5.74, 6) is 0.526. The number of benzene rings is 2. The molecular weight excluding hydrogens is 421 g/mol. The van der Waals surface area contributed by atoms with Crippen LogP contribution in [0.1, 0.15) is 44.7 Å². The minimum atomic E-state index is -4.41. The van der Waals surface area contributed by atoms with Gasteiger partial charge in [-0.2, -0.15) is 13.2 Å². The Labute approximate surface area is 186 Å². The summed E-state index contributed by atoms with van der Waals surface area (Å²) in [6.07, 6.45) is -2.68. The van der Waals surface area contributed by atoms with Crippen LogP contribution in [0.5, 0.6) is 5.75 Å². The third-order valence-electron chi connectivity index (χ3n) is 4.70. The molecule has 0 aliphatic heterocycles. The number of ether oxygens (including phenoxy) is 2. The van der Waals surface area contributed by atoms with Gasteiger partial charge in [0.05, 0.1) is 12.1 Å². The Morgan fingerprint density at radius 3 is 2.47 bits per heavy atom. The lowest BCUT2D eigenvalue weighted by Crippen LogP contribution is -2.34. The molecule has 1 amide bonds. The SMILES string of the molecule is CC(C)(C)OC(=O)NCCOc1cc(CNC2CC2)cc(-c2cccc(C(F)(F)F)c2)c1. The van der Waals surface area contributed by atoms with Gasteiger partial charge < -0.3 is 20.1 Å². The average Bonchev–Trinajstić information content (AvgIpc) is 3.52. The summed E-state index contributed by atoms with van der Waals surface area (Å²) < 4.78 is 50.4. The lowest BCUT2D eigenvalue weighted by Gasteiger charge is -2.19. The molecule has 174 valence electrons. The Morgan fingerprint density at radius 1 is 1.06 bits per heavy atom. The molecule has 2 N–H and O–H groups in total. The second-order valence-electron chi connectivity index (χ2n) is 8.88. The van der Waals surface area contributed by atoms with Crippen LogP contribution in [0.4, 0.5) is 18.0 Å². The largest absolute Gasteiger partial charge is 0.492 e. The summed E-state index contributed by atoms with van der Waals surface area (Å²) in [6, 6.07) is 11.2. The Kier molecular flexibility index (Phi) is 7.33. The number of nitrogens with one attached hydrogen (secondary N) is 2. The predicted octanol–water partition coefficient (Wildman–Crippen LogP) is 5.53. The molecule has 1 aliphatic carbocycles. The zero-order chi connectivity index (χ0) is 23.4. The highest BCUT2D eigenvalue weighted by molar-refractivity contribution is 5.68. The maximum atomic E-state index is 13.2. The molecule has 2 aromatic carbocycles. The highest BCUT2D eigenvalue weighted by atomic mass is 19.4. The van der Waals surface area contributed by atoms with Crippen molar-refractivity contribution in [2.24, 2.45) is 0 Å². The van der Waals surface area contributed by atoms with Gasteiger partial charge in [-0.3, -0.25) is 0 Å². The first-order valence-electron chi connectivity index (χ1n) is 10.6. The van der Waals surface area contributed by atoms with Gasteiger partial charge >= 0.3 is 12.3 Å². The first-order chi connectivity index (χ1) is 15.0. The van der Waals surface area contributed by atoms with Crippen LogP contribution in [0, 0.1) is 0 Å². The highest BCUT2D eigenvalue weighted by Crippen LogP contribution is 2.33. The van der Waals surface area contributed by atoms with Crippen LogP contribution in [0.15, 0.2) is 42.5 Å². The summed E-state index contributed by atoms with van der Waals surface area (Å²) in [6.45, 7) is 6.36. The maximum absolute atomic E-state index is 13.2. The number of amides is 1. The van der Waals surface area contributed by atoms with Gasteiger partial charge in [0.25, 0.3) is 0 Å². The van der Waals surface area contributed by atoms with E-state index < -0.39 is 23.4 Å². The van der Waals surface area contributed by atoms with Crippen LogP contribution in [0.2, 0.25) is 0 Å². The zero-order valence-electron chi connectivity index (χ0n) is 18.5. The Morgan fingerprint density at radius 2 is 1.81 bits per heavy atom. The van der Waals surface area contributed by atoms with E-state index in [9.17, 15) is 18.0 Å². The molecule has 2 aromatic rings. The second-order valence-corrected chi connectivity index (χ2v) is 8.88. The minimum absolute atomic E-state index is 0.195. The molecule has 0 saturated heterocycles. The lowest BCUT2D eigenvalue weighted by molar-refractivity contribution is -0.137. The zero-order valence-corrected chi connectivity index (χ0v) is 18.5. The monoisotopic (exact) mass is 450 g/mol. The number of hydrogen-bond acceptors (Lipinski definition) is 4. The van der Waals surface area contributed by atoms with E-state index in [4.69, 9.17) is 9.47 Å². The second kappa shape index (κ2) is 9.81. The van der Waals surface area contributed by atoms with E-state index in [0.717, 1.165) is 30.5 Å². The number of carbonyl (C=O) groups is 1. The van der Waals surface area contributed by atoms with Gasteiger partial charge in [0.1, 0.15) is 18.0 Å². The van der Waals surface area contributed by atoms with E-state index in [2.05, 4.69) is 10.6 Å². The van der Waals surface area contributed by atoms with E-state index in [1.54, 1.807) is 32.9 Å². The van der Waals surface area contributed by atoms with Gasteiger partial charge in [-0.15, -0.1) is 0 Å². The number of hydrogen-bond donors (Lipinski definition) is 2. The normalized spacial score (nSPS) is 14.2. The molecule has 1 fully saturated rings. The summed E-state index contributed by atoms with van der Waals surface area (Å²) in [7, 11) is 0. The Balaban J connectivity index is 1.71. The topological polar surface area (TPSA) is 59.6 Å². The molecule has 0 unspecified atom stereocenters. The summed E-state index contributed by atoms with van der Waals surface area (Å²) in [5.41, 5.74) is 0.738. The third-order valence-corrected chi connectivity index (χ3v) is 4.70. The molecule has 0 aromatic heterocycles. The number of carbonyl (C=O) groups excluding carboxylic acids is 1. The van der Waals surface area contributed by atoms with E-state index in [1.807, 2.05) is 12.1 Å². The van der Waals surface area contributed by atoms with Crippen LogP contribution in [0.3, 0.4) is 0 Å². The molecule has 1 saturated carbocycles. The van der Waals surface area contributed by atoms with E-state index in [-0.39, 0.29) is 13.2 Å². The molecule has 8 heteroatoms. The fourth-order valence-corrected chi connectivity index (χ4v) is 3.07. The van der Waals surface area contributed by atoms with Crippen LogP contribution in [-0.2, 0) is 17.5 Å². The molecular formula is C24H29F3N2O3. The van der Waals surface area contributed by atoms with Gasteiger partial charge in [0.15, 0.2) is 0 Å². The molecule has 32 heavy (non-hydrogen) atoms. The summed E-state index contributed by atoms with van der Waals surface area (Å²) in [4.78, 5) is 11.7. The number of rotatable bonds is 8.